The van der Waals surface area contributed by atoms with E-state index in [2.05, 4.69) is 10.1 Å². The van der Waals surface area contributed by atoms with Gasteiger partial charge in [-0.25, -0.2) is 4.79 Å². The lowest BCUT2D eigenvalue weighted by molar-refractivity contribution is -0.144. The van der Waals surface area contributed by atoms with Crippen molar-refractivity contribution >= 4 is 30.4 Å². The van der Waals surface area contributed by atoms with Crippen LogP contribution in [0.1, 0.15) is 50.9 Å². The minimum Gasteiger partial charge on any atom is -0.469 e. The summed E-state index contributed by atoms with van der Waals surface area (Å²) in [6.45, 7) is 7.87. The topological polar surface area (TPSA) is 100 Å². The Morgan fingerprint density at radius 3 is 2.03 bits per heavy atom. The number of rotatable bonds is 7. The third-order valence-electron chi connectivity index (χ3n) is 5.35. The number of carbonyl (C=O) groups excluding carboxylic acids is 3. The van der Waals surface area contributed by atoms with E-state index in [1.165, 1.54) is 14.2 Å². The van der Waals surface area contributed by atoms with Gasteiger partial charge in [0, 0.05) is 12.0 Å². The Hall–Kier alpha value is -2.39. The number of methoxy groups -OCH3 is 2. The molecule has 0 aliphatic carbocycles. The molecule has 158 valence electrons. The number of benzene rings is 1. The van der Waals surface area contributed by atoms with E-state index in [9.17, 15) is 14.4 Å². The van der Waals surface area contributed by atoms with Gasteiger partial charge < -0.3 is 24.1 Å². The Labute approximate surface area is 171 Å². The van der Waals surface area contributed by atoms with Crippen molar-refractivity contribution in [3.63, 3.8) is 0 Å². The zero-order valence-electron chi connectivity index (χ0n) is 17.7. The van der Waals surface area contributed by atoms with Crippen molar-refractivity contribution in [3.05, 3.63) is 29.8 Å². The molecule has 8 nitrogen and oxygen atoms in total. The predicted octanol–water partition coefficient (Wildman–Crippen LogP) is 1.21. The molecule has 1 aliphatic rings. The van der Waals surface area contributed by atoms with Gasteiger partial charge in [0.1, 0.15) is 6.04 Å². The number of nitrogens with one attached hydrogen (secondary N) is 1. The van der Waals surface area contributed by atoms with E-state index in [1.807, 2.05) is 27.7 Å². The third kappa shape index (κ3) is 5.36. The molecule has 1 atom stereocenters. The number of carbonyl (C=O) groups is 3. The second-order valence-electron chi connectivity index (χ2n) is 7.87. The highest BCUT2D eigenvalue weighted by Crippen LogP contribution is 2.36. The van der Waals surface area contributed by atoms with Gasteiger partial charge in [-0.3, -0.25) is 9.59 Å². The molecule has 1 saturated heterocycles. The van der Waals surface area contributed by atoms with Gasteiger partial charge in [-0.1, -0.05) is 12.1 Å². The normalized spacial score (nSPS) is 18.1. The van der Waals surface area contributed by atoms with Gasteiger partial charge in [0.15, 0.2) is 0 Å². The molecule has 0 spiro atoms. The van der Waals surface area contributed by atoms with Crippen LogP contribution in [-0.2, 0) is 28.4 Å². The molecule has 1 amide bonds. The number of ether oxygens (including phenoxy) is 2. The SMILES string of the molecule is COC(=O)CC[C@H](NC(=O)c1ccc(B2OC(C)(C)C(C)(C)O2)cc1)C(=O)OC. The molecule has 9 heteroatoms. The zero-order chi connectivity index (χ0) is 21.8. The Bertz CT molecular complexity index is 745. The quantitative estimate of drug-likeness (QED) is 0.538. The van der Waals surface area contributed by atoms with Crippen molar-refractivity contribution in [2.45, 2.75) is 57.8 Å². The molecule has 1 fully saturated rings. The number of hydrogen-bond donors (Lipinski definition) is 1. The Kier molecular flexibility index (Phi) is 7.08. The molecular weight excluding hydrogens is 377 g/mol. The standard InChI is InChI=1S/C20H28BNO7/c1-19(2)20(3,4)29-21(28-19)14-9-7-13(8-10-14)17(24)22-15(18(25)27-6)11-12-16(23)26-5/h7-10,15H,11-12H2,1-6H3,(H,22,24)/t15-/m0/s1. The lowest BCUT2D eigenvalue weighted by Crippen LogP contribution is -2.42. The number of hydrogen-bond acceptors (Lipinski definition) is 7. The van der Waals surface area contributed by atoms with Crippen LogP contribution < -0.4 is 10.8 Å². The third-order valence-corrected chi connectivity index (χ3v) is 5.35. The van der Waals surface area contributed by atoms with Crippen molar-refractivity contribution in [1.29, 1.82) is 0 Å². The molecule has 2 rings (SSSR count). The van der Waals surface area contributed by atoms with Crippen LogP contribution in [0.3, 0.4) is 0 Å². The van der Waals surface area contributed by atoms with Crippen LogP contribution in [0.5, 0.6) is 0 Å². The summed E-state index contributed by atoms with van der Waals surface area (Å²) < 4.78 is 21.3. The first-order chi connectivity index (χ1) is 13.5. The largest absolute Gasteiger partial charge is 0.494 e. The molecule has 0 unspecified atom stereocenters. The summed E-state index contributed by atoms with van der Waals surface area (Å²) in [5.41, 5.74) is 0.231. The minimum atomic E-state index is -0.950. The molecule has 1 aliphatic heterocycles. The smallest absolute Gasteiger partial charge is 0.469 e. The van der Waals surface area contributed by atoms with Gasteiger partial charge in [0.2, 0.25) is 0 Å². The van der Waals surface area contributed by atoms with Gasteiger partial charge >= 0.3 is 19.1 Å². The maximum atomic E-state index is 12.5. The summed E-state index contributed by atoms with van der Waals surface area (Å²) >= 11 is 0. The lowest BCUT2D eigenvalue weighted by Gasteiger charge is -2.32. The van der Waals surface area contributed by atoms with Gasteiger partial charge in [-0.05, 0) is 51.7 Å². The molecule has 0 saturated carbocycles. The van der Waals surface area contributed by atoms with Crippen molar-refractivity contribution in [2.24, 2.45) is 0 Å². The first-order valence-corrected chi connectivity index (χ1v) is 9.42. The minimum absolute atomic E-state index is 0.0165. The van der Waals surface area contributed by atoms with Crippen molar-refractivity contribution in [1.82, 2.24) is 5.32 Å². The van der Waals surface area contributed by atoms with Gasteiger partial charge in [-0.2, -0.15) is 0 Å². The van der Waals surface area contributed by atoms with E-state index in [0.717, 1.165) is 5.46 Å². The highest BCUT2D eigenvalue weighted by atomic mass is 16.7. The molecule has 1 aromatic rings. The first-order valence-electron chi connectivity index (χ1n) is 9.42. The van der Waals surface area contributed by atoms with E-state index in [0.29, 0.717) is 5.56 Å². The van der Waals surface area contributed by atoms with E-state index in [-0.39, 0.29) is 12.8 Å². The summed E-state index contributed by atoms with van der Waals surface area (Å²) in [6, 6.07) is 5.81. The van der Waals surface area contributed by atoms with Crippen molar-refractivity contribution in [2.75, 3.05) is 14.2 Å². The average molecular weight is 405 g/mol. The Morgan fingerprint density at radius 1 is 1.00 bits per heavy atom. The first kappa shape index (κ1) is 22.9. The average Bonchev–Trinajstić information content (AvgIpc) is 2.91. The maximum Gasteiger partial charge on any atom is 0.494 e. The molecule has 1 aromatic carbocycles. The molecule has 0 radical (unpaired) electrons. The van der Waals surface area contributed by atoms with E-state index in [4.69, 9.17) is 14.0 Å². The van der Waals surface area contributed by atoms with Crippen LogP contribution in [0, 0.1) is 0 Å². The fraction of sp³-hybridized carbons (Fsp3) is 0.550. The highest BCUT2D eigenvalue weighted by Gasteiger charge is 2.51. The van der Waals surface area contributed by atoms with Crippen LogP contribution in [0.25, 0.3) is 0 Å². The second kappa shape index (κ2) is 8.96. The van der Waals surface area contributed by atoms with Gasteiger partial charge in [0.05, 0.1) is 25.4 Å². The lowest BCUT2D eigenvalue weighted by atomic mass is 9.79. The summed E-state index contributed by atoms with van der Waals surface area (Å²) in [6.07, 6.45) is 0.0640. The van der Waals surface area contributed by atoms with Gasteiger partial charge in [0.25, 0.3) is 5.91 Å². The van der Waals surface area contributed by atoms with Crippen LogP contribution >= 0.6 is 0 Å². The van der Waals surface area contributed by atoms with Crippen LogP contribution in [-0.4, -0.2) is 56.4 Å². The second-order valence-corrected chi connectivity index (χ2v) is 7.87. The summed E-state index contributed by atoms with van der Waals surface area (Å²) in [5.74, 6) is -1.55. The molecular formula is C20H28BNO7. The summed E-state index contributed by atoms with van der Waals surface area (Å²) in [7, 11) is 1.95. The Morgan fingerprint density at radius 2 is 1.55 bits per heavy atom. The summed E-state index contributed by atoms with van der Waals surface area (Å²) in [5, 5.41) is 2.59. The van der Waals surface area contributed by atoms with Crippen molar-refractivity contribution < 1.29 is 33.2 Å². The highest BCUT2D eigenvalue weighted by molar-refractivity contribution is 6.62. The van der Waals surface area contributed by atoms with Crippen LogP contribution in [0.4, 0.5) is 0 Å². The molecule has 1 heterocycles. The molecule has 29 heavy (non-hydrogen) atoms. The fourth-order valence-electron chi connectivity index (χ4n) is 2.77. The van der Waals surface area contributed by atoms with Crippen molar-refractivity contribution in [3.8, 4) is 0 Å². The zero-order valence-corrected chi connectivity index (χ0v) is 17.7. The number of esters is 2. The fourth-order valence-corrected chi connectivity index (χ4v) is 2.77. The maximum absolute atomic E-state index is 12.5. The van der Waals surface area contributed by atoms with Crippen LogP contribution in [0.15, 0.2) is 24.3 Å². The Balaban J connectivity index is 2.05. The summed E-state index contributed by atoms with van der Waals surface area (Å²) in [4.78, 5) is 35.8. The number of amides is 1. The van der Waals surface area contributed by atoms with Crippen LogP contribution in [0.2, 0.25) is 0 Å². The van der Waals surface area contributed by atoms with E-state index < -0.39 is 42.2 Å². The molecule has 0 bridgehead atoms. The monoisotopic (exact) mass is 405 g/mol. The van der Waals surface area contributed by atoms with E-state index in [1.54, 1.807) is 24.3 Å². The predicted molar refractivity (Wildman–Crippen MR) is 107 cm³/mol. The van der Waals surface area contributed by atoms with E-state index >= 15 is 0 Å². The van der Waals surface area contributed by atoms with Gasteiger partial charge in [-0.15, -0.1) is 0 Å². The molecule has 1 N–H and O–H groups in total. The molecule has 0 aromatic heterocycles.